The molecule has 1 N–H and O–H groups in total. The van der Waals surface area contributed by atoms with E-state index in [-0.39, 0.29) is 11.8 Å². The van der Waals surface area contributed by atoms with Crippen molar-refractivity contribution in [1.82, 2.24) is 14.5 Å². The Morgan fingerprint density at radius 2 is 1.62 bits per heavy atom. The Morgan fingerprint density at radius 3 is 2.41 bits per heavy atom. The van der Waals surface area contributed by atoms with Gasteiger partial charge in [-0.2, -0.15) is 0 Å². The SMILES string of the molecule is Cn1cc(CC(=O)N2CCN(c3ccccc3C(=O)Nc3ccncc3)CC2)c2ccccc21. The molecule has 7 nitrogen and oxygen atoms in total. The summed E-state index contributed by atoms with van der Waals surface area (Å²) < 4.78 is 2.07. The van der Waals surface area contributed by atoms with E-state index in [1.165, 1.54) is 0 Å². The third-order valence-electron chi connectivity index (χ3n) is 6.38. The normalized spacial score (nSPS) is 13.8. The Kier molecular flexibility index (Phi) is 5.99. The highest BCUT2D eigenvalue weighted by Crippen LogP contribution is 2.24. The molecule has 0 unspecified atom stereocenters. The second-order valence-electron chi connectivity index (χ2n) is 8.53. The first kappa shape index (κ1) is 21.7. The Hall–Kier alpha value is -4.13. The molecule has 172 valence electrons. The first-order valence-corrected chi connectivity index (χ1v) is 11.5. The van der Waals surface area contributed by atoms with Crippen LogP contribution in [0.25, 0.3) is 10.9 Å². The highest BCUT2D eigenvalue weighted by molar-refractivity contribution is 6.08. The molecule has 1 saturated heterocycles. The van der Waals surface area contributed by atoms with Crippen molar-refractivity contribution >= 4 is 34.1 Å². The molecule has 0 atom stereocenters. The second-order valence-corrected chi connectivity index (χ2v) is 8.53. The average Bonchev–Trinajstić information content (AvgIpc) is 3.20. The summed E-state index contributed by atoms with van der Waals surface area (Å²) in [7, 11) is 2.01. The van der Waals surface area contributed by atoms with E-state index in [1.54, 1.807) is 24.5 Å². The van der Waals surface area contributed by atoms with Crippen molar-refractivity contribution in [3.05, 3.63) is 90.4 Å². The quantitative estimate of drug-likeness (QED) is 0.500. The summed E-state index contributed by atoms with van der Waals surface area (Å²) in [5.74, 6) is -0.0176. The molecule has 4 aromatic rings. The van der Waals surface area contributed by atoms with E-state index in [0.717, 1.165) is 22.2 Å². The number of aryl methyl sites for hydroxylation is 1. The van der Waals surface area contributed by atoms with Crippen LogP contribution in [0.4, 0.5) is 11.4 Å². The number of carbonyl (C=O) groups is 2. The highest BCUT2D eigenvalue weighted by Gasteiger charge is 2.24. The summed E-state index contributed by atoms with van der Waals surface area (Å²) in [6, 6.07) is 19.3. The molecule has 34 heavy (non-hydrogen) atoms. The zero-order chi connectivity index (χ0) is 23.5. The lowest BCUT2D eigenvalue weighted by atomic mass is 10.1. The number of benzene rings is 2. The van der Waals surface area contributed by atoms with Gasteiger partial charge in [-0.3, -0.25) is 14.6 Å². The monoisotopic (exact) mass is 453 g/mol. The predicted octanol–water partition coefficient (Wildman–Crippen LogP) is 3.72. The number of amides is 2. The molecule has 0 radical (unpaired) electrons. The summed E-state index contributed by atoms with van der Waals surface area (Å²) in [5, 5.41) is 4.07. The summed E-state index contributed by atoms with van der Waals surface area (Å²) in [4.78, 5) is 34.1. The van der Waals surface area contributed by atoms with Crippen molar-refractivity contribution in [2.75, 3.05) is 36.4 Å². The van der Waals surface area contributed by atoms with Gasteiger partial charge in [0, 0.05) is 74.1 Å². The number of carbonyl (C=O) groups excluding carboxylic acids is 2. The van der Waals surface area contributed by atoms with Gasteiger partial charge in [0.2, 0.25) is 5.91 Å². The molecule has 7 heteroatoms. The lowest BCUT2D eigenvalue weighted by Gasteiger charge is -2.37. The zero-order valence-corrected chi connectivity index (χ0v) is 19.1. The predicted molar refractivity (Wildman–Crippen MR) is 134 cm³/mol. The molecule has 3 heterocycles. The number of pyridine rings is 1. The third-order valence-corrected chi connectivity index (χ3v) is 6.38. The third kappa shape index (κ3) is 4.37. The van der Waals surface area contributed by atoms with E-state index in [4.69, 9.17) is 0 Å². The maximum absolute atomic E-state index is 13.1. The summed E-state index contributed by atoms with van der Waals surface area (Å²) in [6.07, 6.45) is 5.74. The second kappa shape index (κ2) is 9.39. The van der Waals surface area contributed by atoms with Crippen LogP contribution in [0.1, 0.15) is 15.9 Å². The number of piperazine rings is 1. The summed E-state index contributed by atoms with van der Waals surface area (Å²) in [6.45, 7) is 2.62. The van der Waals surface area contributed by atoms with Gasteiger partial charge in [-0.15, -0.1) is 0 Å². The summed E-state index contributed by atoms with van der Waals surface area (Å²) >= 11 is 0. The standard InChI is InChI=1S/C27H27N5O2/c1-30-19-20(22-6-2-4-8-24(22)30)18-26(33)32-16-14-31(15-17-32)25-9-5-3-7-23(25)27(34)29-21-10-12-28-13-11-21/h2-13,19H,14-18H2,1H3,(H,28,29,34). The molecule has 1 aliphatic heterocycles. The molecule has 1 fully saturated rings. The Morgan fingerprint density at radius 1 is 0.912 bits per heavy atom. The van der Waals surface area contributed by atoms with Crippen LogP contribution in [0.2, 0.25) is 0 Å². The molecule has 0 aliphatic carbocycles. The lowest BCUT2D eigenvalue weighted by Crippen LogP contribution is -2.49. The molecule has 0 saturated carbocycles. The number of rotatable bonds is 5. The zero-order valence-electron chi connectivity index (χ0n) is 19.1. The number of nitrogens with one attached hydrogen (secondary N) is 1. The molecule has 1 aliphatic rings. The van der Waals surface area contributed by atoms with Gasteiger partial charge in [-0.1, -0.05) is 30.3 Å². The van der Waals surface area contributed by atoms with E-state index in [1.807, 2.05) is 48.3 Å². The molecule has 0 spiro atoms. The molecule has 2 aromatic heterocycles. The van der Waals surface area contributed by atoms with E-state index < -0.39 is 0 Å². The Labute approximate surface area is 198 Å². The topological polar surface area (TPSA) is 70.5 Å². The van der Waals surface area contributed by atoms with Crippen LogP contribution in [0, 0.1) is 0 Å². The van der Waals surface area contributed by atoms with Gasteiger partial charge >= 0.3 is 0 Å². The number of para-hydroxylation sites is 2. The average molecular weight is 454 g/mol. The van der Waals surface area contributed by atoms with Crippen LogP contribution in [-0.4, -0.2) is 52.4 Å². The minimum absolute atomic E-state index is 0.139. The largest absolute Gasteiger partial charge is 0.367 e. The number of hydrogen-bond acceptors (Lipinski definition) is 4. The van der Waals surface area contributed by atoms with Crippen LogP contribution >= 0.6 is 0 Å². The van der Waals surface area contributed by atoms with Gasteiger partial charge in [0.05, 0.1) is 12.0 Å². The van der Waals surface area contributed by atoms with E-state index in [9.17, 15) is 9.59 Å². The fourth-order valence-corrected chi connectivity index (χ4v) is 4.61. The molecular weight excluding hydrogens is 426 g/mol. The van der Waals surface area contributed by atoms with Crippen LogP contribution < -0.4 is 10.2 Å². The van der Waals surface area contributed by atoms with Gasteiger partial charge < -0.3 is 19.7 Å². The summed E-state index contributed by atoms with van der Waals surface area (Å²) in [5.41, 5.74) is 4.41. The first-order valence-electron chi connectivity index (χ1n) is 11.5. The van der Waals surface area contributed by atoms with E-state index >= 15 is 0 Å². The van der Waals surface area contributed by atoms with Gasteiger partial charge in [-0.05, 0) is 35.9 Å². The van der Waals surface area contributed by atoms with Gasteiger partial charge in [-0.25, -0.2) is 0 Å². The lowest BCUT2D eigenvalue weighted by molar-refractivity contribution is -0.130. The van der Waals surface area contributed by atoms with Crippen molar-refractivity contribution < 1.29 is 9.59 Å². The molecule has 2 aromatic carbocycles. The van der Waals surface area contributed by atoms with Gasteiger partial charge in [0.15, 0.2) is 0 Å². The first-order chi connectivity index (χ1) is 16.6. The minimum Gasteiger partial charge on any atom is -0.367 e. The Balaban J connectivity index is 1.25. The van der Waals surface area contributed by atoms with Crippen LogP contribution in [0.15, 0.2) is 79.3 Å². The van der Waals surface area contributed by atoms with Crippen molar-refractivity contribution in [1.29, 1.82) is 0 Å². The maximum Gasteiger partial charge on any atom is 0.257 e. The highest BCUT2D eigenvalue weighted by atomic mass is 16.2. The minimum atomic E-state index is -0.156. The molecular formula is C27H27N5O2. The van der Waals surface area contributed by atoms with Crippen LogP contribution in [0.5, 0.6) is 0 Å². The molecule has 2 amide bonds. The van der Waals surface area contributed by atoms with E-state index in [2.05, 4.69) is 38.1 Å². The van der Waals surface area contributed by atoms with Crippen molar-refractivity contribution in [3.8, 4) is 0 Å². The number of fused-ring (bicyclic) bond motifs is 1. The van der Waals surface area contributed by atoms with E-state index in [0.29, 0.717) is 43.9 Å². The Bertz CT molecular complexity index is 1320. The van der Waals surface area contributed by atoms with Crippen LogP contribution in [0.3, 0.4) is 0 Å². The van der Waals surface area contributed by atoms with Gasteiger partial charge in [0.25, 0.3) is 5.91 Å². The number of nitrogens with zero attached hydrogens (tertiary/aromatic N) is 4. The van der Waals surface area contributed by atoms with Crippen LogP contribution in [-0.2, 0) is 18.3 Å². The maximum atomic E-state index is 13.1. The van der Waals surface area contributed by atoms with Crippen molar-refractivity contribution in [3.63, 3.8) is 0 Å². The van der Waals surface area contributed by atoms with Crippen molar-refractivity contribution in [2.24, 2.45) is 7.05 Å². The smallest absolute Gasteiger partial charge is 0.257 e. The number of hydrogen-bond donors (Lipinski definition) is 1. The molecule has 0 bridgehead atoms. The fourth-order valence-electron chi connectivity index (χ4n) is 4.61. The number of anilines is 2. The molecule has 5 rings (SSSR count). The fraction of sp³-hybridized carbons (Fsp3) is 0.222. The van der Waals surface area contributed by atoms with Gasteiger partial charge in [0.1, 0.15) is 0 Å². The van der Waals surface area contributed by atoms with Crippen molar-refractivity contribution in [2.45, 2.75) is 6.42 Å². The number of aromatic nitrogens is 2.